The van der Waals surface area contributed by atoms with Gasteiger partial charge in [0.2, 0.25) is 0 Å². The third-order valence-corrected chi connectivity index (χ3v) is 3.40. The maximum absolute atomic E-state index is 13.6. The molecule has 0 spiro atoms. The van der Waals surface area contributed by atoms with Crippen LogP contribution in [-0.4, -0.2) is 11.1 Å². The van der Waals surface area contributed by atoms with E-state index in [0.29, 0.717) is 5.56 Å². The standard InChI is InChI=1S/C13H15FO2/c1-8-5-10(9(2)11(14)6-8)13(3-4-13)7-12(15)16/h5-6H,3-4,7H2,1-2H3,(H,15,16). The predicted octanol–water partition coefficient (Wildman–Crippen LogP) is 2.95. The Morgan fingerprint density at radius 1 is 1.44 bits per heavy atom. The van der Waals surface area contributed by atoms with Crippen molar-refractivity contribution in [3.8, 4) is 0 Å². The van der Waals surface area contributed by atoms with Crippen molar-refractivity contribution < 1.29 is 14.3 Å². The van der Waals surface area contributed by atoms with E-state index in [1.165, 1.54) is 6.07 Å². The quantitative estimate of drug-likeness (QED) is 0.853. The Kier molecular flexibility index (Phi) is 2.49. The van der Waals surface area contributed by atoms with Crippen molar-refractivity contribution in [2.45, 2.75) is 38.5 Å². The Hall–Kier alpha value is -1.38. The second-order valence-corrected chi connectivity index (χ2v) is 4.77. The molecule has 2 rings (SSSR count). The molecule has 1 fully saturated rings. The lowest BCUT2D eigenvalue weighted by Crippen LogP contribution is -2.15. The molecule has 1 aromatic carbocycles. The highest BCUT2D eigenvalue weighted by Crippen LogP contribution is 2.52. The van der Waals surface area contributed by atoms with Crippen LogP contribution in [0.2, 0.25) is 0 Å². The summed E-state index contributed by atoms with van der Waals surface area (Å²) in [5.74, 6) is -1.04. The van der Waals surface area contributed by atoms with Gasteiger partial charge in [0.15, 0.2) is 0 Å². The van der Waals surface area contributed by atoms with E-state index in [2.05, 4.69) is 0 Å². The zero-order valence-corrected chi connectivity index (χ0v) is 9.51. The molecule has 0 saturated heterocycles. The Balaban J connectivity index is 2.44. The third kappa shape index (κ3) is 1.82. The predicted molar refractivity (Wildman–Crippen MR) is 59.0 cm³/mol. The van der Waals surface area contributed by atoms with Crippen molar-refractivity contribution in [2.75, 3.05) is 0 Å². The van der Waals surface area contributed by atoms with Gasteiger partial charge in [-0.05, 0) is 49.4 Å². The SMILES string of the molecule is Cc1cc(F)c(C)c(C2(CC(=O)O)CC2)c1. The fourth-order valence-corrected chi connectivity index (χ4v) is 2.35. The van der Waals surface area contributed by atoms with Crippen LogP contribution in [0.15, 0.2) is 12.1 Å². The minimum Gasteiger partial charge on any atom is -0.481 e. The fraction of sp³-hybridized carbons (Fsp3) is 0.462. The van der Waals surface area contributed by atoms with Crippen molar-refractivity contribution in [1.82, 2.24) is 0 Å². The molecule has 0 aliphatic heterocycles. The number of carboxylic acid groups (broad SMARTS) is 1. The van der Waals surface area contributed by atoms with Gasteiger partial charge in [0.25, 0.3) is 0 Å². The first-order valence-corrected chi connectivity index (χ1v) is 5.44. The summed E-state index contributed by atoms with van der Waals surface area (Å²) in [5, 5.41) is 8.89. The van der Waals surface area contributed by atoms with Crippen LogP contribution in [0.25, 0.3) is 0 Å². The molecule has 0 radical (unpaired) electrons. The molecule has 1 N–H and O–H groups in total. The maximum atomic E-state index is 13.6. The number of carbonyl (C=O) groups is 1. The van der Waals surface area contributed by atoms with Gasteiger partial charge in [0.05, 0.1) is 6.42 Å². The molecule has 0 atom stereocenters. The van der Waals surface area contributed by atoms with Crippen molar-refractivity contribution in [2.24, 2.45) is 0 Å². The van der Waals surface area contributed by atoms with Gasteiger partial charge < -0.3 is 5.11 Å². The van der Waals surface area contributed by atoms with E-state index < -0.39 is 5.97 Å². The number of halogens is 1. The molecule has 1 aromatic rings. The lowest BCUT2D eigenvalue weighted by atomic mass is 9.87. The zero-order valence-electron chi connectivity index (χ0n) is 9.51. The summed E-state index contributed by atoms with van der Waals surface area (Å²) in [6.07, 6.45) is 1.81. The summed E-state index contributed by atoms with van der Waals surface area (Å²) in [5.41, 5.74) is 2.04. The van der Waals surface area contributed by atoms with E-state index in [1.807, 2.05) is 13.0 Å². The van der Waals surface area contributed by atoms with Gasteiger partial charge in [-0.15, -0.1) is 0 Å². The van der Waals surface area contributed by atoms with Crippen LogP contribution in [0.3, 0.4) is 0 Å². The minimum atomic E-state index is -0.807. The smallest absolute Gasteiger partial charge is 0.304 e. The molecular formula is C13H15FO2. The number of hydrogen-bond donors (Lipinski definition) is 1. The summed E-state index contributed by atoms with van der Waals surface area (Å²) in [6.45, 7) is 3.56. The second kappa shape index (κ2) is 3.58. The molecule has 3 heteroatoms. The normalized spacial score (nSPS) is 17.2. The van der Waals surface area contributed by atoms with Crippen LogP contribution in [0, 0.1) is 19.7 Å². The number of aryl methyl sites for hydroxylation is 1. The molecule has 1 saturated carbocycles. The first-order valence-electron chi connectivity index (χ1n) is 5.44. The largest absolute Gasteiger partial charge is 0.481 e. The topological polar surface area (TPSA) is 37.3 Å². The van der Waals surface area contributed by atoms with Crippen LogP contribution in [0.4, 0.5) is 4.39 Å². The molecular weight excluding hydrogens is 207 g/mol. The number of rotatable bonds is 3. The van der Waals surface area contributed by atoms with Crippen molar-refractivity contribution in [3.05, 3.63) is 34.6 Å². The highest BCUT2D eigenvalue weighted by molar-refractivity contribution is 5.70. The summed E-state index contributed by atoms with van der Waals surface area (Å²) in [6, 6.07) is 3.42. The van der Waals surface area contributed by atoms with Crippen LogP contribution < -0.4 is 0 Å². The molecule has 0 bridgehead atoms. The Bertz CT molecular complexity index is 447. The lowest BCUT2D eigenvalue weighted by molar-refractivity contribution is -0.137. The highest BCUT2D eigenvalue weighted by Gasteiger charge is 2.47. The Labute approximate surface area is 94.1 Å². The van der Waals surface area contributed by atoms with Crippen molar-refractivity contribution >= 4 is 5.97 Å². The first kappa shape index (κ1) is 11.1. The molecule has 2 nitrogen and oxygen atoms in total. The van der Waals surface area contributed by atoms with Gasteiger partial charge in [0.1, 0.15) is 5.82 Å². The molecule has 16 heavy (non-hydrogen) atoms. The monoisotopic (exact) mass is 222 g/mol. The molecule has 1 aliphatic carbocycles. The molecule has 0 amide bonds. The Morgan fingerprint density at radius 3 is 2.56 bits per heavy atom. The van der Waals surface area contributed by atoms with E-state index in [9.17, 15) is 9.18 Å². The number of carboxylic acids is 1. The summed E-state index contributed by atoms with van der Waals surface area (Å²) in [7, 11) is 0. The van der Waals surface area contributed by atoms with E-state index >= 15 is 0 Å². The van der Waals surface area contributed by atoms with Gasteiger partial charge in [-0.25, -0.2) is 4.39 Å². The highest BCUT2D eigenvalue weighted by atomic mass is 19.1. The maximum Gasteiger partial charge on any atom is 0.304 e. The first-order chi connectivity index (χ1) is 7.44. The van der Waals surface area contributed by atoms with Gasteiger partial charge in [-0.2, -0.15) is 0 Å². The van der Waals surface area contributed by atoms with Crippen LogP contribution in [0.5, 0.6) is 0 Å². The van der Waals surface area contributed by atoms with E-state index in [1.54, 1.807) is 6.92 Å². The number of hydrogen-bond acceptors (Lipinski definition) is 1. The van der Waals surface area contributed by atoms with E-state index in [-0.39, 0.29) is 17.7 Å². The van der Waals surface area contributed by atoms with Gasteiger partial charge >= 0.3 is 5.97 Å². The number of aliphatic carboxylic acids is 1. The fourth-order valence-electron chi connectivity index (χ4n) is 2.35. The third-order valence-electron chi connectivity index (χ3n) is 3.40. The van der Waals surface area contributed by atoms with E-state index in [0.717, 1.165) is 24.0 Å². The van der Waals surface area contributed by atoms with Gasteiger partial charge in [-0.1, -0.05) is 6.07 Å². The van der Waals surface area contributed by atoms with Crippen LogP contribution >= 0.6 is 0 Å². The van der Waals surface area contributed by atoms with Crippen molar-refractivity contribution in [1.29, 1.82) is 0 Å². The lowest BCUT2D eigenvalue weighted by Gasteiger charge is -2.17. The summed E-state index contributed by atoms with van der Waals surface area (Å²) < 4.78 is 13.6. The molecule has 0 unspecified atom stereocenters. The molecule has 1 aliphatic rings. The van der Waals surface area contributed by atoms with Crippen molar-refractivity contribution in [3.63, 3.8) is 0 Å². The number of benzene rings is 1. The van der Waals surface area contributed by atoms with Crippen LogP contribution in [0.1, 0.15) is 36.0 Å². The molecule has 0 aromatic heterocycles. The van der Waals surface area contributed by atoms with Crippen LogP contribution in [-0.2, 0) is 10.2 Å². The summed E-state index contributed by atoms with van der Waals surface area (Å²) >= 11 is 0. The molecule has 86 valence electrons. The Morgan fingerprint density at radius 2 is 2.06 bits per heavy atom. The summed E-state index contributed by atoms with van der Waals surface area (Å²) in [4.78, 5) is 10.8. The van der Waals surface area contributed by atoms with Gasteiger partial charge in [-0.3, -0.25) is 4.79 Å². The second-order valence-electron chi connectivity index (χ2n) is 4.77. The average Bonchev–Trinajstić information content (AvgIpc) is 2.91. The molecule has 0 heterocycles. The average molecular weight is 222 g/mol. The van der Waals surface area contributed by atoms with Gasteiger partial charge in [0, 0.05) is 5.41 Å². The minimum absolute atomic E-state index is 0.108. The van der Waals surface area contributed by atoms with E-state index in [4.69, 9.17) is 5.11 Å². The zero-order chi connectivity index (χ0) is 11.9.